The maximum absolute atomic E-state index is 12.5. The molecule has 0 unspecified atom stereocenters. The molecule has 10 nitrogen and oxygen atoms in total. The van der Waals surface area contributed by atoms with Crippen LogP contribution in [-0.4, -0.2) is 44.2 Å². The SMILES string of the molecule is Cc1nc(C(C)(C)NC(=O)CCNS(=O)(=O)c2ccc3c(c2)OCCCO3)no1. The number of hydrogen-bond acceptors (Lipinski definition) is 8. The Bertz CT molecular complexity index is 986. The fraction of sp³-hybridized carbons (Fsp3) is 0.500. The van der Waals surface area contributed by atoms with Gasteiger partial charge in [0.05, 0.1) is 23.6 Å². The molecule has 1 amide bonds. The number of carbonyl (C=O) groups is 1. The van der Waals surface area contributed by atoms with E-state index in [-0.39, 0.29) is 23.8 Å². The Morgan fingerprint density at radius 2 is 1.93 bits per heavy atom. The van der Waals surface area contributed by atoms with E-state index < -0.39 is 15.6 Å². The summed E-state index contributed by atoms with van der Waals surface area (Å²) in [6.45, 7) is 6.03. The molecule has 0 saturated heterocycles. The first-order valence-corrected chi connectivity index (χ1v) is 10.7. The number of rotatable bonds is 7. The molecule has 2 N–H and O–H groups in total. The van der Waals surface area contributed by atoms with Crippen LogP contribution in [-0.2, 0) is 20.4 Å². The third kappa shape index (κ3) is 5.24. The number of nitrogens with zero attached hydrogens (tertiary/aromatic N) is 2. The monoisotopic (exact) mass is 424 g/mol. The van der Waals surface area contributed by atoms with Crippen molar-refractivity contribution in [2.45, 2.75) is 44.0 Å². The lowest BCUT2D eigenvalue weighted by molar-refractivity contribution is -0.122. The van der Waals surface area contributed by atoms with Crippen LogP contribution in [0.1, 0.15) is 38.4 Å². The highest BCUT2D eigenvalue weighted by Crippen LogP contribution is 2.31. The summed E-state index contributed by atoms with van der Waals surface area (Å²) in [5.41, 5.74) is -0.845. The molecule has 1 aliphatic rings. The molecule has 0 aliphatic carbocycles. The van der Waals surface area contributed by atoms with Crippen molar-refractivity contribution >= 4 is 15.9 Å². The Labute approximate surface area is 169 Å². The van der Waals surface area contributed by atoms with E-state index in [4.69, 9.17) is 14.0 Å². The highest BCUT2D eigenvalue weighted by molar-refractivity contribution is 7.89. The molecule has 0 bridgehead atoms. The zero-order chi connectivity index (χ0) is 21.1. The maximum atomic E-state index is 12.5. The van der Waals surface area contributed by atoms with Gasteiger partial charge in [-0.15, -0.1) is 0 Å². The topological polar surface area (TPSA) is 133 Å². The van der Waals surface area contributed by atoms with Gasteiger partial charge in [-0.1, -0.05) is 5.16 Å². The van der Waals surface area contributed by atoms with Gasteiger partial charge in [-0.3, -0.25) is 4.79 Å². The van der Waals surface area contributed by atoms with E-state index in [9.17, 15) is 13.2 Å². The van der Waals surface area contributed by atoms with E-state index in [1.54, 1.807) is 26.8 Å². The Morgan fingerprint density at radius 3 is 2.62 bits per heavy atom. The van der Waals surface area contributed by atoms with Gasteiger partial charge < -0.3 is 19.3 Å². The average molecular weight is 424 g/mol. The summed E-state index contributed by atoms with van der Waals surface area (Å²) < 4.78 is 43.4. The molecule has 0 spiro atoms. The smallest absolute Gasteiger partial charge is 0.240 e. The molecule has 3 rings (SSSR count). The summed E-state index contributed by atoms with van der Waals surface area (Å²) in [5.74, 6) is 1.29. The number of aryl methyl sites for hydroxylation is 1. The van der Waals surface area contributed by atoms with Crippen LogP contribution >= 0.6 is 0 Å². The fourth-order valence-electron chi connectivity index (χ4n) is 2.71. The van der Waals surface area contributed by atoms with Gasteiger partial charge in [0.2, 0.25) is 21.8 Å². The normalized spacial score (nSPS) is 14.3. The van der Waals surface area contributed by atoms with Crippen LogP contribution in [0, 0.1) is 6.92 Å². The lowest BCUT2D eigenvalue weighted by Crippen LogP contribution is -2.43. The van der Waals surface area contributed by atoms with E-state index in [0.717, 1.165) is 6.42 Å². The summed E-state index contributed by atoms with van der Waals surface area (Å²) in [7, 11) is -3.80. The molecule has 0 radical (unpaired) electrons. The van der Waals surface area contributed by atoms with Crippen molar-refractivity contribution in [1.82, 2.24) is 20.2 Å². The number of benzene rings is 1. The van der Waals surface area contributed by atoms with Crippen LogP contribution in [0.15, 0.2) is 27.6 Å². The van der Waals surface area contributed by atoms with Crippen LogP contribution in [0.4, 0.5) is 0 Å². The van der Waals surface area contributed by atoms with Crippen LogP contribution in [0.2, 0.25) is 0 Å². The van der Waals surface area contributed by atoms with Crippen molar-refractivity contribution in [2.75, 3.05) is 19.8 Å². The highest BCUT2D eigenvalue weighted by atomic mass is 32.2. The largest absolute Gasteiger partial charge is 0.490 e. The van der Waals surface area contributed by atoms with Crippen molar-refractivity contribution in [3.05, 3.63) is 29.9 Å². The number of aromatic nitrogens is 2. The third-order valence-electron chi connectivity index (χ3n) is 4.21. The molecule has 0 fully saturated rings. The van der Waals surface area contributed by atoms with Crippen molar-refractivity contribution in [2.24, 2.45) is 0 Å². The lowest BCUT2D eigenvalue weighted by Gasteiger charge is -2.22. The molecule has 1 aliphatic heterocycles. The molecule has 2 aromatic rings. The molecule has 29 heavy (non-hydrogen) atoms. The molecule has 1 aromatic heterocycles. The number of nitrogens with one attached hydrogen (secondary N) is 2. The van der Waals surface area contributed by atoms with Crippen molar-refractivity contribution in [3.8, 4) is 11.5 Å². The second-order valence-corrected chi connectivity index (χ2v) is 8.88. The first-order chi connectivity index (χ1) is 13.7. The van der Waals surface area contributed by atoms with Crippen molar-refractivity contribution in [1.29, 1.82) is 0 Å². The van der Waals surface area contributed by atoms with Gasteiger partial charge >= 0.3 is 0 Å². The minimum absolute atomic E-state index is 0.0461. The van der Waals surface area contributed by atoms with Gasteiger partial charge in [0.25, 0.3) is 0 Å². The van der Waals surface area contributed by atoms with Crippen LogP contribution in [0.5, 0.6) is 11.5 Å². The second kappa shape index (κ2) is 8.37. The number of amides is 1. The Morgan fingerprint density at radius 1 is 1.21 bits per heavy atom. The second-order valence-electron chi connectivity index (χ2n) is 7.12. The molecular formula is C18H24N4O6S. The number of ether oxygens (including phenoxy) is 2. The van der Waals surface area contributed by atoms with Gasteiger partial charge in [-0.25, -0.2) is 13.1 Å². The summed E-state index contributed by atoms with van der Waals surface area (Å²) in [6.07, 6.45) is 0.675. The quantitative estimate of drug-likeness (QED) is 0.679. The van der Waals surface area contributed by atoms with Gasteiger partial charge in [-0.05, 0) is 26.0 Å². The van der Waals surface area contributed by atoms with Crippen molar-refractivity contribution < 1.29 is 27.2 Å². The predicted molar refractivity (Wildman–Crippen MR) is 102 cm³/mol. The molecule has 0 atom stereocenters. The molecule has 11 heteroatoms. The molecule has 1 aromatic carbocycles. The average Bonchev–Trinajstić information content (AvgIpc) is 2.96. The van der Waals surface area contributed by atoms with Crippen LogP contribution < -0.4 is 19.5 Å². The van der Waals surface area contributed by atoms with Gasteiger partial charge in [-0.2, -0.15) is 4.98 Å². The van der Waals surface area contributed by atoms with E-state index >= 15 is 0 Å². The first kappa shape index (κ1) is 21.1. The predicted octanol–water partition coefficient (Wildman–Crippen LogP) is 1.26. The summed E-state index contributed by atoms with van der Waals surface area (Å²) in [6, 6.07) is 4.43. The van der Waals surface area contributed by atoms with E-state index in [0.29, 0.717) is 36.4 Å². The standard InChI is InChI=1S/C18H24N4O6S/c1-12-20-17(22-28-12)18(2,3)21-16(23)7-8-19-29(24,25)13-5-6-14-15(11-13)27-10-4-9-26-14/h5-6,11,19H,4,7-10H2,1-3H3,(H,21,23). The third-order valence-corrected chi connectivity index (χ3v) is 5.67. The summed E-state index contributed by atoms with van der Waals surface area (Å²) in [4.78, 5) is 16.4. The van der Waals surface area contributed by atoms with E-state index in [1.165, 1.54) is 12.1 Å². The Hall–Kier alpha value is -2.66. The highest BCUT2D eigenvalue weighted by Gasteiger charge is 2.28. The zero-order valence-corrected chi connectivity index (χ0v) is 17.3. The van der Waals surface area contributed by atoms with Crippen molar-refractivity contribution in [3.63, 3.8) is 0 Å². The van der Waals surface area contributed by atoms with Gasteiger partial charge in [0.15, 0.2) is 17.3 Å². The zero-order valence-electron chi connectivity index (χ0n) is 16.5. The molecular weight excluding hydrogens is 400 g/mol. The van der Waals surface area contributed by atoms with Gasteiger partial charge in [0.1, 0.15) is 0 Å². The Kier molecular flexibility index (Phi) is 6.08. The molecule has 158 valence electrons. The van der Waals surface area contributed by atoms with Gasteiger partial charge in [0, 0.05) is 32.4 Å². The summed E-state index contributed by atoms with van der Waals surface area (Å²) in [5, 5.41) is 6.57. The molecule has 0 saturated carbocycles. The number of fused-ring (bicyclic) bond motifs is 1. The number of carbonyl (C=O) groups excluding carboxylic acids is 1. The minimum Gasteiger partial charge on any atom is -0.490 e. The first-order valence-electron chi connectivity index (χ1n) is 9.18. The summed E-state index contributed by atoms with van der Waals surface area (Å²) >= 11 is 0. The van der Waals surface area contributed by atoms with E-state index in [1.807, 2.05) is 0 Å². The number of hydrogen-bond donors (Lipinski definition) is 2. The fourth-order valence-corrected chi connectivity index (χ4v) is 3.76. The molecule has 2 heterocycles. The van der Waals surface area contributed by atoms with Crippen LogP contribution in [0.25, 0.3) is 0 Å². The maximum Gasteiger partial charge on any atom is 0.240 e. The van der Waals surface area contributed by atoms with E-state index in [2.05, 4.69) is 20.2 Å². The minimum atomic E-state index is -3.80. The van der Waals surface area contributed by atoms with Crippen LogP contribution in [0.3, 0.4) is 0 Å². The lowest BCUT2D eigenvalue weighted by atomic mass is 10.0. The number of sulfonamides is 1. The Balaban J connectivity index is 1.56.